The number of esters is 1. The number of carbonyl (C=O) groups is 2. The Morgan fingerprint density at radius 3 is 2.46 bits per heavy atom. The van der Waals surface area contributed by atoms with Gasteiger partial charge in [-0.15, -0.1) is 0 Å². The monoisotopic (exact) mass is 378 g/mol. The highest BCUT2D eigenvalue weighted by atomic mass is 35.5. The Kier molecular flexibility index (Phi) is 6.13. The molecule has 9 heteroatoms. The zero-order chi connectivity index (χ0) is 19.3. The molecule has 26 heavy (non-hydrogen) atoms. The maximum Gasteiger partial charge on any atom is 0.338 e. The zero-order valence-corrected chi connectivity index (χ0v) is 14.7. The van der Waals surface area contributed by atoms with Crippen LogP contribution in [-0.4, -0.2) is 30.5 Å². The van der Waals surface area contributed by atoms with Crippen LogP contribution in [0.25, 0.3) is 0 Å². The molecule has 136 valence electrons. The fourth-order valence-corrected chi connectivity index (χ4v) is 2.23. The average Bonchev–Trinajstić information content (AvgIpc) is 2.61. The summed E-state index contributed by atoms with van der Waals surface area (Å²) in [6.07, 6.45) is 0. The Labute approximate surface area is 153 Å². The lowest BCUT2D eigenvalue weighted by molar-refractivity contribution is -0.385. The molecule has 0 aliphatic carbocycles. The molecule has 2 aromatic carbocycles. The van der Waals surface area contributed by atoms with Gasteiger partial charge in [-0.2, -0.15) is 0 Å². The Bertz CT molecular complexity index is 851. The van der Waals surface area contributed by atoms with Crippen molar-refractivity contribution >= 4 is 34.9 Å². The number of ether oxygens (including phenoxy) is 2. The van der Waals surface area contributed by atoms with Gasteiger partial charge >= 0.3 is 11.7 Å². The number of aryl methyl sites for hydroxylation is 1. The van der Waals surface area contributed by atoms with Crippen LogP contribution in [0.3, 0.4) is 0 Å². The quantitative estimate of drug-likeness (QED) is 0.469. The smallest absolute Gasteiger partial charge is 0.338 e. The SMILES string of the molecule is COc1cc(NC(=O)COC(=O)c2ccc(Cl)cc2)c(C)cc1[N+](=O)[O-]. The van der Waals surface area contributed by atoms with E-state index in [1.807, 2.05) is 0 Å². The fourth-order valence-electron chi connectivity index (χ4n) is 2.10. The van der Waals surface area contributed by atoms with Gasteiger partial charge in [-0.05, 0) is 36.8 Å². The first-order chi connectivity index (χ1) is 12.3. The van der Waals surface area contributed by atoms with Crippen molar-refractivity contribution in [3.63, 3.8) is 0 Å². The van der Waals surface area contributed by atoms with Gasteiger partial charge in [-0.1, -0.05) is 11.6 Å². The molecule has 2 rings (SSSR count). The summed E-state index contributed by atoms with van der Waals surface area (Å²) in [5.74, 6) is -1.25. The van der Waals surface area contributed by atoms with Gasteiger partial charge in [0.25, 0.3) is 5.91 Å². The van der Waals surface area contributed by atoms with Crippen LogP contribution >= 0.6 is 11.6 Å². The molecule has 0 atom stereocenters. The van der Waals surface area contributed by atoms with Crippen molar-refractivity contribution in [2.24, 2.45) is 0 Å². The first-order valence-corrected chi connectivity index (χ1v) is 7.75. The van der Waals surface area contributed by atoms with Crippen molar-refractivity contribution in [3.05, 3.63) is 62.7 Å². The minimum atomic E-state index is -0.671. The van der Waals surface area contributed by atoms with Gasteiger partial charge in [0.2, 0.25) is 0 Å². The number of nitro groups is 1. The summed E-state index contributed by atoms with van der Waals surface area (Å²) < 4.78 is 9.89. The molecule has 0 saturated heterocycles. The summed E-state index contributed by atoms with van der Waals surface area (Å²) in [5.41, 5.74) is 0.836. The number of carbonyl (C=O) groups excluding carboxylic acids is 2. The van der Waals surface area contributed by atoms with E-state index in [4.69, 9.17) is 21.1 Å². The van der Waals surface area contributed by atoms with Gasteiger partial charge in [0, 0.05) is 22.8 Å². The van der Waals surface area contributed by atoms with E-state index in [0.717, 1.165) is 0 Å². The number of benzene rings is 2. The van der Waals surface area contributed by atoms with E-state index in [2.05, 4.69) is 5.32 Å². The number of nitrogens with zero attached hydrogens (tertiary/aromatic N) is 1. The highest BCUT2D eigenvalue weighted by molar-refractivity contribution is 6.30. The summed E-state index contributed by atoms with van der Waals surface area (Å²) in [5, 5.41) is 14.0. The average molecular weight is 379 g/mol. The lowest BCUT2D eigenvalue weighted by atomic mass is 10.1. The second-order valence-electron chi connectivity index (χ2n) is 5.23. The molecular weight excluding hydrogens is 364 g/mol. The molecule has 0 aliphatic heterocycles. The van der Waals surface area contributed by atoms with Crippen LogP contribution < -0.4 is 10.1 Å². The lowest BCUT2D eigenvalue weighted by Crippen LogP contribution is -2.21. The van der Waals surface area contributed by atoms with Crippen LogP contribution in [0, 0.1) is 17.0 Å². The molecule has 0 bridgehead atoms. The van der Waals surface area contributed by atoms with Crippen LogP contribution in [-0.2, 0) is 9.53 Å². The highest BCUT2D eigenvalue weighted by Crippen LogP contribution is 2.32. The van der Waals surface area contributed by atoms with E-state index in [1.54, 1.807) is 6.92 Å². The number of amides is 1. The van der Waals surface area contributed by atoms with E-state index < -0.39 is 23.4 Å². The van der Waals surface area contributed by atoms with E-state index in [-0.39, 0.29) is 17.0 Å². The van der Waals surface area contributed by atoms with Crippen LogP contribution in [0.5, 0.6) is 5.75 Å². The molecule has 0 saturated carbocycles. The number of nitro benzene ring substituents is 1. The molecular formula is C17H15ClN2O6. The van der Waals surface area contributed by atoms with E-state index >= 15 is 0 Å². The third kappa shape index (κ3) is 4.70. The number of methoxy groups -OCH3 is 1. The van der Waals surface area contributed by atoms with Gasteiger partial charge < -0.3 is 14.8 Å². The van der Waals surface area contributed by atoms with Crippen LogP contribution in [0.1, 0.15) is 15.9 Å². The molecule has 0 heterocycles. The minimum Gasteiger partial charge on any atom is -0.490 e. The number of rotatable bonds is 6. The molecule has 2 aromatic rings. The first kappa shape index (κ1) is 19.2. The number of nitrogens with one attached hydrogen (secondary N) is 1. The summed E-state index contributed by atoms with van der Waals surface area (Å²) in [6.45, 7) is 1.09. The number of hydrogen-bond acceptors (Lipinski definition) is 6. The highest BCUT2D eigenvalue weighted by Gasteiger charge is 2.19. The van der Waals surface area contributed by atoms with Crippen LogP contribution in [0.2, 0.25) is 5.02 Å². The Balaban J connectivity index is 2.02. The van der Waals surface area contributed by atoms with Crippen molar-refractivity contribution in [1.82, 2.24) is 0 Å². The zero-order valence-electron chi connectivity index (χ0n) is 13.9. The third-order valence-electron chi connectivity index (χ3n) is 3.41. The molecule has 0 spiro atoms. The van der Waals surface area contributed by atoms with E-state index in [0.29, 0.717) is 16.3 Å². The topological polar surface area (TPSA) is 108 Å². The minimum absolute atomic E-state index is 0.00839. The normalized spacial score (nSPS) is 10.1. The molecule has 0 aliphatic rings. The largest absolute Gasteiger partial charge is 0.490 e. The maximum absolute atomic E-state index is 12.0. The van der Waals surface area contributed by atoms with Gasteiger partial charge in [0.15, 0.2) is 12.4 Å². The summed E-state index contributed by atoms with van der Waals surface area (Å²) in [6, 6.07) is 8.65. The van der Waals surface area contributed by atoms with Gasteiger partial charge in [0.05, 0.1) is 17.6 Å². The predicted molar refractivity (Wildman–Crippen MR) is 94.7 cm³/mol. The van der Waals surface area contributed by atoms with E-state index in [1.165, 1.54) is 43.5 Å². The van der Waals surface area contributed by atoms with Gasteiger partial charge in [0.1, 0.15) is 0 Å². The fraction of sp³-hybridized carbons (Fsp3) is 0.176. The van der Waals surface area contributed by atoms with Crippen molar-refractivity contribution < 1.29 is 24.0 Å². The van der Waals surface area contributed by atoms with E-state index in [9.17, 15) is 19.7 Å². The summed E-state index contributed by atoms with van der Waals surface area (Å²) >= 11 is 5.74. The van der Waals surface area contributed by atoms with Crippen molar-refractivity contribution in [1.29, 1.82) is 0 Å². The Morgan fingerprint density at radius 1 is 1.23 bits per heavy atom. The lowest BCUT2D eigenvalue weighted by Gasteiger charge is -2.11. The van der Waals surface area contributed by atoms with Crippen molar-refractivity contribution in [3.8, 4) is 5.75 Å². The molecule has 0 aromatic heterocycles. The van der Waals surface area contributed by atoms with Crippen molar-refractivity contribution in [2.45, 2.75) is 6.92 Å². The van der Waals surface area contributed by atoms with Gasteiger partial charge in [-0.3, -0.25) is 14.9 Å². The van der Waals surface area contributed by atoms with Crippen molar-refractivity contribution in [2.75, 3.05) is 19.0 Å². The number of halogens is 1. The molecule has 1 amide bonds. The maximum atomic E-state index is 12.0. The van der Waals surface area contributed by atoms with Crippen LogP contribution in [0.15, 0.2) is 36.4 Å². The standard InChI is InChI=1S/C17H15ClN2O6/c1-10-7-14(20(23)24)15(25-2)8-13(10)19-16(21)9-26-17(22)11-3-5-12(18)6-4-11/h3-8H,9H2,1-2H3,(H,19,21). The molecule has 1 N–H and O–H groups in total. The second-order valence-corrected chi connectivity index (χ2v) is 5.66. The Hall–Kier alpha value is -3.13. The number of anilines is 1. The second kappa shape index (κ2) is 8.30. The summed E-state index contributed by atoms with van der Waals surface area (Å²) in [4.78, 5) is 34.2. The summed E-state index contributed by atoms with van der Waals surface area (Å²) in [7, 11) is 1.29. The molecule has 8 nitrogen and oxygen atoms in total. The number of hydrogen-bond donors (Lipinski definition) is 1. The Morgan fingerprint density at radius 2 is 1.88 bits per heavy atom. The van der Waals surface area contributed by atoms with Crippen LogP contribution in [0.4, 0.5) is 11.4 Å². The molecule has 0 unspecified atom stereocenters. The molecule has 0 radical (unpaired) electrons. The molecule has 0 fully saturated rings. The van der Waals surface area contributed by atoms with Gasteiger partial charge in [-0.25, -0.2) is 4.79 Å². The third-order valence-corrected chi connectivity index (χ3v) is 3.66. The first-order valence-electron chi connectivity index (χ1n) is 7.37. The predicted octanol–water partition coefficient (Wildman–Crippen LogP) is 3.36.